The zero-order valence-electron chi connectivity index (χ0n) is 17.4. The maximum absolute atomic E-state index is 5.87. The molecule has 1 atom stereocenters. The summed E-state index contributed by atoms with van der Waals surface area (Å²) >= 11 is 0. The summed E-state index contributed by atoms with van der Waals surface area (Å²) in [5, 5.41) is 9.08. The highest BCUT2D eigenvalue weighted by Crippen LogP contribution is 2.20. The van der Waals surface area contributed by atoms with E-state index in [1.54, 1.807) is 7.05 Å². The van der Waals surface area contributed by atoms with Gasteiger partial charge in [0.2, 0.25) is 0 Å². The SMILES string of the molecule is CN=C(NCCCOCC1CCOC1)NCCCOc1ccc2ccccc2c1. The van der Waals surface area contributed by atoms with Crippen molar-refractivity contribution in [2.45, 2.75) is 19.3 Å². The fourth-order valence-corrected chi connectivity index (χ4v) is 3.29. The van der Waals surface area contributed by atoms with Gasteiger partial charge in [-0.3, -0.25) is 4.99 Å². The zero-order chi connectivity index (χ0) is 20.2. The van der Waals surface area contributed by atoms with Gasteiger partial charge in [-0.15, -0.1) is 0 Å². The highest BCUT2D eigenvalue weighted by molar-refractivity contribution is 5.83. The summed E-state index contributed by atoms with van der Waals surface area (Å²) in [6.07, 6.45) is 2.98. The standard InChI is InChI=1S/C23H33N3O3/c1-24-23(25-11-4-13-27-17-19-10-15-28-18-19)26-12-5-14-29-22-9-8-20-6-2-3-7-21(20)16-22/h2-3,6-9,16,19H,4-5,10-15,17-18H2,1H3,(H2,24,25,26). The van der Waals surface area contributed by atoms with Crippen molar-refractivity contribution in [3.63, 3.8) is 0 Å². The molecule has 0 saturated carbocycles. The van der Waals surface area contributed by atoms with E-state index in [4.69, 9.17) is 14.2 Å². The first kappa shape index (κ1) is 21.4. The molecule has 0 bridgehead atoms. The number of benzene rings is 2. The van der Waals surface area contributed by atoms with Crippen LogP contribution in [0.15, 0.2) is 47.5 Å². The maximum Gasteiger partial charge on any atom is 0.190 e. The molecule has 3 rings (SSSR count). The Kier molecular flexibility index (Phi) is 9.07. The number of aliphatic imine (C=N–C) groups is 1. The Morgan fingerprint density at radius 2 is 1.86 bits per heavy atom. The third-order valence-electron chi connectivity index (χ3n) is 4.96. The minimum absolute atomic E-state index is 0.578. The quantitative estimate of drug-likeness (QED) is 0.345. The van der Waals surface area contributed by atoms with Gasteiger partial charge < -0.3 is 24.8 Å². The van der Waals surface area contributed by atoms with Crippen LogP contribution < -0.4 is 15.4 Å². The van der Waals surface area contributed by atoms with Gasteiger partial charge in [0.1, 0.15) is 5.75 Å². The molecule has 1 fully saturated rings. The molecular weight excluding hydrogens is 366 g/mol. The lowest BCUT2D eigenvalue weighted by Gasteiger charge is -2.13. The van der Waals surface area contributed by atoms with Crippen LogP contribution in [-0.4, -0.2) is 59.1 Å². The molecule has 1 saturated heterocycles. The van der Waals surface area contributed by atoms with Gasteiger partial charge in [-0.2, -0.15) is 0 Å². The summed E-state index contributed by atoms with van der Waals surface area (Å²) in [5.41, 5.74) is 0. The van der Waals surface area contributed by atoms with Crippen molar-refractivity contribution in [2.24, 2.45) is 10.9 Å². The van der Waals surface area contributed by atoms with Crippen molar-refractivity contribution >= 4 is 16.7 Å². The Morgan fingerprint density at radius 1 is 1.07 bits per heavy atom. The molecule has 1 aliphatic rings. The lowest BCUT2D eigenvalue weighted by molar-refractivity contribution is 0.0888. The number of nitrogens with one attached hydrogen (secondary N) is 2. The molecule has 0 aliphatic carbocycles. The van der Waals surface area contributed by atoms with Gasteiger partial charge in [0.25, 0.3) is 0 Å². The smallest absolute Gasteiger partial charge is 0.190 e. The fraction of sp³-hybridized carbons (Fsp3) is 0.522. The number of ether oxygens (including phenoxy) is 3. The minimum Gasteiger partial charge on any atom is -0.494 e. The van der Waals surface area contributed by atoms with Crippen LogP contribution in [0, 0.1) is 5.92 Å². The predicted octanol–water partition coefficient (Wildman–Crippen LogP) is 3.22. The van der Waals surface area contributed by atoms with Crippen LogP contribution >= 0.6 is 0 Å². The first-order valence-corrected chi connectivity index (χ1v) is 10.6. The number of fused-ring (bicyclic) bond motifs is 1. The molecule has 29 heavy (non-hydrogen) atoms. The molecule has 2 aromatic rings. The minimum atomic E-state index is 0.578. The van der Waals surface area contributed by atoms with Gasteiger partial charge in [-0.05, 0) is 42.2 Å². The third-order valence-corrected chi connectivity index (χ3v) is 4.96. The zero-order valence-corrected chi connectivity index (χ0v) is 17.4. The van der Waals surface area contributed by atoms with E-state index in [1.165, 1.54) is 10.8 Å². The van der Waals surface area contributed by atoms with Crippen molar-refractivity contribution in [3.05, 3.63) is 42.5 Å². The van der Waals surface area contributed by atoms with E-state index in [-0.39, 0.29) is 0 Å². The second-order valence-corrected chi connectivity index (χ2v) is 7.29. The van der Waals surface area contributed by atoms with Crippen molar-refractivity contribution in [3.8, 4) is 5.75 Å². The Morgan fingerprint density at radius 3 is 2.62 bits per heavy atom. The Hall–Kier alpha value is -2.31. The second kappa shape index (κ2) is 12.3. The molecule has 1 unspecified atom stereocenters. The number of nitrogens with zero attached hydrogens (tertiary/aromatic N) is 1. The van der Waals surface area contributed by atoms with Gasteiger partial charge in [-0.25, -0.2) is 0 Å². The van der Waals surface area contributed by atoms with Gasteiger partial charge >= 0.3 is 0 Å². The van der Waals surface area contributed by atoms with Gasteiger partial charge in [0.15, 0.2) is 5.96 Å². The van der Waals surface area contributed by atoms with E-state index in [0.717, 1.165) is 70.5 Å². The molecule has 0 amide bonds. The lowest BCUT2D eigenvalue weighted by atomic mass is 10.1. The van der Waals surface area contributed by atoms with Crippen molar-refractivity contribution < 1.29 is 14.2 Å². The molecule has 0 spiro atoms. The predicted molar refractivity (Wildman–Crippen MR) is 118 cm³/mol. The molecule has 0 radical (unpaired) electrons. The monoisotopic (exact) mass is 399 g/mol. The number of rotatable bonds is 11. The average Bonchev–Trinajstić information content (AvgIpc) is 3.28. The van der Waals surface area contributed by atoms with Crippen LogP contribution in [0.3, 0.4) is 0 Å². The Balaban J connectivity index is 1.22. The maximum atomic E-state index is 5.87. The van der Waals surface area contributed by atoms with Crippen LogP contribution in [0.1, 0.15) is 19.3 Å². The summed E-state index contributed by atoms with van der Waals surface area (Å²) in [6, 6.07) is 14.5. The van der Waals surface area contributed by atoms with Crippen LogP contribution in [0.4, 0.5) is 0 Å². The molecule has 1 aliphatic heterocycles. The molecule has 0 aromatic heterocycles. The average molecular weight is 400 g/mol. The van der Waals surface area contributed by atoms with E-state index >= 15 is 0 Å². The molecule has 1 heterocycles. The Bertz CT molecular complexity index is 760. The largest absolute Gasteiger partial charge is 0.494 e. The molecule has 158 valence electrons. The fourth-order valence-electron chi connectivity index (χ4n) is 3.29. The summed E-state index contributed by atoms with van der Waals surface area (Å²) in [7, 11) is 1.79. The first-order chi connectivity index (χ1) is 14.3. The van der Waals surface area contributed by atoms with E-state index in [0.29, 0.717) is 12.5 Å². The molecular formula is C23H33N3O3. The Labute approximate surface area is 173 Å². The van der Waals surface area contributed by atoms with E-state index in [9.17, 15) is 0 Å². The molecule has 6 heteroatoms. The van der Waals surface area contributed by atoms with Crippen LogP contribution in [0.25, 0.3) is 10.8 Å². The third kappa shape index (κ3) is 7.55. The van der Waals surface area contributed by atoms with E-state index < -0.39 is 0 Å². The number of hydrogen-bond donors (Lipinski definition) is 2. The lowest BCUT2D eigenvalue weighted by Crippen LogP contribution is -2.38. The number of guanidine groups is 1. The van der Waals surface area contributed by atoms with E-state index in [1.807, 2.05) is 18.2 Å². The van der Waals surface area contributed by atoms with Crippen LogP contribution in [0.5, 0.6) is 5.75 Å². The highest BCUT2D eigenvalue weighted by atomic mass is 16.5. The summed E-state index contributed by atoms with van der Waals surface area (Å²) in [5.74, 6) is 2.31. The van der Waals surface area contributed by atoms with Crippen molar-refractivity contribution in [1.29, 1.82) is 0 Å². The summed E-state index contributed by atoms with van der Waals surface area (Å²) in [6.45, 7) is 5.62. The van der Waals surface area contributed by atoms with Crippen LogP contribution in [-0.2, 0) is 9.47 Å². The van der Waals surface area contributed by atoms with Gasteiger partial charge in [0, 0.05) is 39.3 Å². The molecule has 2 N–H and O–H groups in total. The normalized spacial score (nSPS) is 16.9. The van der Waals surface area contributed by atoms with Crippen molar-refractivity contribution in [2.75, 3.05) is 53.2 Å². The van der Waals surface area contributed by atoms with Gasteiger partial charge in [-0.1, -0.05) is 30.3 Å². The molecule has 6 nitrogen and oxygen atoms in total. The first-order valence-electron chi connectivity index (χ1n) is 10.6. The van der Waals surface area contributed by atoms with Crippen LogP contribution in [0.2, 0.25) is 0 Å². The summed E-state index contributed by atoms with van der Waals surface area (Å²) < 4.78 is 16.9. The van der Waals surface area contributed by atoms with Gasteiger partial charge in [0.05, 0.1) is 19.8 Å². The number of hydrogen-bond acceptors (Lipinski definition) is 4. The highest BCUT2D eigenvalue weighted by Gasteiger charge is 2.15. The van der Waals surface area contributed by atoms with Crippen molar-refractivity contribution in [1.82, 2.24) is 10.6 Å². The topological polar surface area (TPSA) is 64.1 Å². The van der Waals surface area contributed by atoms with E-state index in [2.05, 4.69) is 39.9 Å². The second-order valence-electron chi connectivity index (χ2n) is 7.29. The summed E-state index contributed by atoms with van der Waals surface area (Å²) in [4.78, 5) is 4.26. The molecule has 2 aromatic carbocycles.